The van der Waals surface area contributed by atoms with Crippen molar-refractivity contribution in [2.45, 2.75) is 0 Å². The normalized spacial score (nSPS) is 11.1. The third kappa shape index (κ3) is 2.26. The van der Waals surface area contributed by atoms with Crippen LogP contribution in [0.4, 0.5) is 0 Å². The van der Waals surface area contributed by atoms with Crippen molar-refractivity contribution in [3.05, 3.63) is 41.7 Å². The molecule has 0 heterocycles. The molecule has 0 saturated heterocycles. The fraction of sp³-hybridized carbons (Fsp3) is 0. The molecule has 0 aliphatic rings. The van der Waals surface area contributed by atoms with E-state index in [1.165, 1.54) is 6.08 Å². The van der Waals surface area contributed by atoms with Crippen LogP contribution in [0.15, 0.2) is 36.1 Å². The summed E-state index contributed by atoms with van der Waals surface area (Å²) in [4.78, 5) is 9.99. The molecule has 0 atom stereocenters. The molecule has 0 aromatic heterocycles. The molecule has 1 N–H and O–H groups in total. The van der Waals surface area contributed by atoms with Crippen molar-refractivity contribution in [2.24, 2.45) is 0 Å². The molecule has 0 radical (unpaired) electrons. The van der Waals surface area contributed by atoms with Crippen molar-refractivity contribution < 1.29 is 9.90 Å². The number of aliphatic hydroxyl groups excluding tert-OH is 1. The van der Waals surface area contributed by atoms with Crippen molar-refractivity contribution in [1.82, 2.24) is 0 Å². The lowest BCUT2D eigenvalue weighted by atomic mass is 10.2. The summed E-state index contributed by atoms with van der Waals surface area (Å²) in [6.45, 7) is 0. The van der Waals surface area contributed by atoms with Gasteiger partial charge in [-0.2, -0.15) is 0 Å². The summed E-state index contributed by atoms with van der Waals surface area (Å²) in [6.07, 6.45) is 1.82. The average Bonchev–Trinajstić information content (AvgIpc) is 2.06. The highest BCUT2D eigenvalue weighted by molar-refractivity contribution is 5.78. The Hall–Kier alpha value is -1.57. The summed E-state index contributed by atoms with van der Waals surface area (Å²) in [6, 6.07) is 9.16. The van der Waals surface area contributed by atoms with E-state index in [9.17, 15) is 4.79 Å². The molecular weight excluding hydrogens is 140 g/mol. The molecule has 0 spiro atoms. The van der Waals surface area contributed by atoms with Gasteiger partial charge >= 0.3 is 0 Å². The number of rotatable bonds is 2. The number of aliphatic hydroxyl groups is 1. The fourth-order valence-corrected chi connectivity index (χ4v) is 0.754. The SMILES string of the molecule is O=CC(O)=Cc1ccccc1. The lowest BCUT2D eigenvalue weighted by molar-refractivity contribution is -0.106. The van der Waals surface area contributed by atoms with Gasteiger partial charge in [0.2, 0.25) is 0 Å². The zero-order valence-electron chi connectivity index (χ0n) is 5.90. The monoisotopic (exact) mass is 148 g/mol. The van der Waals surface area contributed by atoms with Gasteiger partial charge < -0.3 is 5.11 Å². The van der Waals surface area contributed by atoms with Crippen LogP contribution < -0.4 is 0 Å². The van der Waals surface area contributed by atoms with Gasteiger partial charge in [0.25, 0.3) is 0 Å². The Bertz CT molecular complexity index is 262. The molecule has 56 valence electrons. The van der Waals surface area contributed by atoms with Crippen LogP contribution in [0.1, 0.15) is 5.56 Å². The minimum absolute atomic E-state index is 0.254. The van der Waals surface area contributed by atoms with E-state index in [1.54, 1.807) is 12.1 Å². The molecule has 2 nitrogen and oxygen atoms in total. The summed E-state index contributed by atoms with van der Waals surface area (Å²) in [5.41, 5.74) is 0.817. The van der Waals surface area contributed by atoms with Gasteiger partial charge in [-0.25, -0.2) is 0 Å². The maximum absolute atomic E-state index is 9.99. The first-order chi connectivity index (χ1) is 5.33. The number of carbonyl (C=O) groups excluding carboxylic acids is 1. The summed E-state index contributed by atoms with van der Waals surface area (Å²) < 4.78 is 0. The zero-order valence-corrected chi connectivity index (χ0v) is 5.90. The van der Waals surface area contributed by atoms with E-state index >= 15 is 0 Å². The third-order valence-electron chi connectivity index (χ3n) is 1.23. The van der Waals surface area contributed by atoms with E-state index in [4.69, 9.17) is 5.11 Å². The molecule has 11 heavy (non-hydrogen) atoms. The van der Waals surface area contributed by atoms with Crippen LogP contribution >= 0.6 is 0 Å². The molecule has 2 heteroatoms. The van der Waals surface area contributed by atoms with Gasteiger partial charge in [0.1, 0.15) is 0 Å². The van der Waals surface area contributed by atoms with E-state index in [2.05, 4.69) is 0 Å². The largest absolute Gasteiger partial charge is 0.505 e. The maximum atomic E-state index is 9.99. The van der Waals surface area contributed by atoms with E-state index in [-0.39, 0.29) is 5.76 Å². The van der Waals surface area contributed by atoms with E-state index < -0.39 is 0 Å². The van der Waals surface area contributed by atoms with Crippen molar-refractivity contribution >= 4 is 12.4 Å². The van der Waals surface area contributed by atoms with Crippen LogP contribution in [0, 0.1) is 0 Å². The molecule has 0 unspecified atom stereocenters. The first kappa shape index (κ1) is 7.54. The van der Waals surface area contributed by atoms with Crippen LogP contribution in [0.5, 0.6) is 0 Å². The maximum Gasteiger partial charge on any atom is 0.184 e. The Kier molecular flexibility index (Phi) is 2.44. The summed E-state index contributed by atoms with van der Waals surface area (Å²) in [5.74, 6) is -0.254. The fourth-order valence-electron chi connectivity index (χ4n) is 0.754. The number of hydrogen-bond donors (Lipinski definition) is 1. The van der Waals surface area contributed by atoms with Gasteiger partial charge in [-0.15, -0.1) is 0 Å². The Morgan fingerprint density at radius 1 is 1.27 bits per heavy atom. The zero-order chi connectivity index (χ0) is 8.10. The van der Waals surface area contributed by atoms with Gasteiger partial charge in [0, 0.05) is 0 Å². The lowest BCUT2D eigenvalue weighted by Crippen LogP contribution is -1.80. The Labute approximate surface area is 64.8 Å². The topological polar surface area (TPSA) is 37.3 Å². The second kappa shape index (κ2) is 3.56. The van der Waals surface area contributed by atoms with Crippen LogP contribution in [0.2, 0.25) is 0 Å². The predicted octanol–water partition coefficient (Wildman–Crippen LogP) is 1.78. The quantitative estimate of drug-likeness (QED) is 0.394. The van der Waals surface area contributed by atoms with E-state index in [0.717, 1.165) is 5.56 Å². The molecule has 0 saturated carbocycles. The Morgan fingerprint density at radius 3 is 2.45 bits per heavy atom. The number of carbonyl (C=O) groups is 1. The molecule has 0 bridgehead atoms. The van der Waals surface area contributed by atoms with Gasteiger partial charge in [0.05, 0.1) is 0 Å². The van der Waals surface area contributed by atoms with Crippen molar-refractivity contribution in [3.63, 3.8) is 0 Å². The molecule has 0 aliphatic carbocycles. The second-order valence-electron chi connectivity index (χ2n) is 2.10. The van der Waals surface area contributed by atoms with Crippen LogP contribution in [0.3, 0.4) is 0 Å². The van der Waals surface area contributed by atoms with Crippen molar-refractivity contribution in [1.29, 1.82) is 0 Å². The van der Waals surface area contributed by atoms with Crippen LogP contribution in [-0.2, 0) is 4.79 Å². The first-order valence-electron chi connectivity index (χ1n) is 3.24. The highest BCUT2D eigenvalue weighted by Gasteiger charge is 1.88. The minimum Gasteiger partial charge on any atom is -0.505 e. The minimum atomic E-state index is -0.254. The summed E-state index contributed by atoms with van der Waals surface area (Å²) in [5, 5.41) is 8.80. The molecule has 1 aromatic carbocycles. The Balaban J connectivity index is 2.87. The molecule has 1 aromatic rings. The molecule has 0 amide bonds. The number of benzene rings is 1. The second-order valence-corrected chi connectivity index (χ2v) is 2.10. The van der Waals surface area contributed by atoms with Gasteiger partial charge in [-0.3, -0.25) is 4.79 Å². The lowest BCUT2D eigenvalue weighted by Gasteiger charge is -1.90. The summed E-state index contributed by atoms with van der Waals surface area (Å²) >= 11 is 0. The molecule has 0 aliphatic heterocycles. The Morgan fingerprint density at radius 2 is 1.91 bits per heavy atom. The third-order valence-corrected chi connectivity index (χ3v) is 1.23. The predicted molar refractivity (Wildman–Crippen MR) is 43.1 cm³/mol. The highest BCUT2D eigenvalue weighted by atomic mass is 16.3. The van der Waals surface area contributed by atoms with Crippen molar-refractivity contribution in [2.75, 3.05) is 0 Å². The first-order valence-corrected chi connectivity index (χ1v) is 3.24. The summed E-state index contributed by atoms with van der Waals surface area (Å²) in [7, 11) is 0. The number of allylic oxidation sites excluding steroid dienone is 1. The van der Waals surface area contributed by atoms with E-state index in [1.807, 2.05) is 18.2 Å². The smallest absolute Gasteiger partial charge is 0.184 e. The molecule has 1 rings (SSSR count). The molecular formula is C9H8O2. The standard InChI is InChI=1S/C9H8O2/c10-7-9(11)6-8-4-2-1-3-5-8/h1-7,11H. The highest BCUT2D eigenvalue weighted by Crippen LogP contribution is 2.02. The number of aldehydes is 1. The van der Waals surface area contributed by atoms with Gasteiger partial charge in [-0.05, 0) is 11.6 Å². The van der Waals surface area contributed by atoms with Crippen LogP contribution in [0.25, 0.3) is 6.08 Å². The molecule has 0 fully saturated rings. The average molecular weight is 148 g/mol. The van der Waals surface area contributed by atoms with E-state index in [0.29, 0.717) is 6.29 Å². The number of hydrogen-bond acceptors (Lipinski definition) is 2. The van der Waals surface area contributed by atoms with Crippen molar-refractivity contribution in [3.8, 4) is 0 Å². The van der Waals surface area contributed by atoms with Gasteiger partial charge in [-0.1, -0.05) is 30.3 Å². The van der Waals surface area contributed by atoms with Gasteiger partial charge in [0.15, 0.2) is 12.0 Å². The van der Waals surface area contributed by atoms with Crippen LogP contribution in [-0.4, -0.2) is 11.4 Å².